The van der Waals surface area contributed by atoms with Crippen molar-refractivity contribution in [2.75, 3.05) is 0 Å². The fraction of sp³-hybridized carbons (Fsp3) is 0.143. The van der Waals surface area contributed by atoms with Crippen LogP contribution in [0.2, 0.25) is 0 Å². The average molecular weight is 239 g/mol. The van der Waals surface area contributed by atoms with Crippen LogP contribution >= 0.6 is 0 Å². The molecular weight excluding hydrogens is 226 g/mol. The van der Waals surface area contributed by atoms with E-state index in [1.165, 1.54) is 0 Å². The highest BCUT2D eigenvalue weighted by Crippen LogP contribution is 2.28. The Kier molecular flexibility index (Phi) is 2.30. The summed E-state index contributed by atoms with van der Waals surface area (Å²) in [6.07, 6.45) is 0. The van der Waals surface area contributed by atoms with Crippen molar-refractivity contribution < 1.29 is 5.11 Å². The van der Waals surface area contributed by atoms with Gasteiger partial charge in [-0.25, -0.2) is 9.97 Å². The zero-order valence-electron chi connectivity index (χ0n) is 10.2. The normalized spacial score (nSPS) is 11.0. The molecule has 3 aromatic rings. The monoisotopic (exact) mass is 239 g/mol. The summed E-state index contributed by atoms with van der Waals surface area (Å²) < 4.78 is 0. The Balaban J connectivity index is 2.22. The molecule has 0 atom stereocenters. The van der Waals surface area contributed by atoms with Gasteiger partial charge >= 0.3 is 0 Å². The lowest BCUT2D eigenvalue weighted by Crippen LogP contribution is -1.85. The van der Waals surface area contributed by atoms with E-state index >= 15 is 0 Å². The Morgan fingerprint density at radius 1 is 1.06 bits per heavy atom. The van der Waals surface area contributed by atoms with E-state index in [0.717, 1.165) is 28.2 Å². The van der Waals surface area contributed by atoms with Gasteiger partial charge in [-0.2, -0.15) is 0 Å². The maximum atomic E-state index is 9.72. The summed E-state index contributed by atoms with van der Waals surface area (Å²) in [5.41, 5.74) is 4.25. The van der Waals surface area contributed by atoms with Gasteiger partial charge in [-0.15, -0.1) is 0 Å². The quantitative estimate of drug-likeness (QED) is 0.686. The fourth-order valence-electron chi connectivity index (χ4n) is 1.99. The third-order valence-electron chi connectivity index (χ3n) is 3.05. The Hall–Kier alpha value is -2.36. The number of phenols is 1. The van der Waals surface area contributed by atoms with Crippen LogP contribution in [0.25, 0.3) is 22.6 Å². The highest BCUT2D eigenvalue weighted by Gasteiger charge is 2.10. The number of hydrogen-bond donors (Lipinski definition) is 2. The number of hydrogen-bond acceptors (Lipinski definition) is 3. The van der Waals surface area contributed by atoms with Gasteiger partial charge in [-0.3, -0.25) is 0 Å². The van der Waals surface area contributed by atoms with Crippen molar-refractivity contribution in [2.45, 2.75) is 13.8 Å². The molecule has 0 saturated heterocycles. The number of aromatic nitrogens is 3. The molecule has 2 aromatic heterocycles. The van der Waals surface area contributed by atoms with E-state index in [1.807, 2.05) is 38.1 Å². The molecule has 0 aliphatic heterocycles. The van der Waals surface area contributed by atoms with Crippen LogP contribution in [-0.4, -0.2) is 20.1 Å². The number of imidazole rings is 1. The summed E-state index contributed by atoms with van der Waals surface area (Å²) in [6, 6.07) is 9.32. The van der Waals surface area contributed by atoms with Gasteiger partial charge in [-0.1, -0.05) is 12.1 Å². The van der Waals surface area contributed by atoms with Crippen molar-refractivity contribution in [3.05, 3.63) is 41.6 Å². The van der Waals surface area contributed by atoms with E-state index in [-0.39, 0.29) is 5.75 Å². The maximum absolute atomic E-state index is 9.72. The largest absolute Gasteiger partial charge is 0.508 e. The molecule has 2 heterocycles. The van der Waals surface area contributed by atoms with Gasteiger partial charge in [0.25, 0.3) is 0 Å². The number of nitrogens with zero attached hydrogens (tertiary/aromatic N) is 2. The Morgan fingerprint density at radius 2 is 1.89 bits per heavy atom. The molecule has 0 saturated carbocycles. The van der Waals surface area contributed by atoms with E-state index in [4.69, 9.17) is 0 Å². The van der Waals surface area contributed by atoms with Gasteiger partial charge in [0.05, 0.1) is 5.52 Å². The van der Waals surface area contributed by atoms with Crippen molar-refractivity contribution in [2.24, 2.45) is 0 Å². The molecule has 4 heteroatoms. The van der Waals surface area contributed by atoms with Crippen LogP contribution in [0, 0.1) is 13.8 Å². The number of nitrogens with one attached hydrogen (secondary N) is 1. The molecule has 0 fully saturated rings. The molecular formula is C14H13N3O. The van der Waals surface area contributed by atoms with Crippen LogP contribution < -0.4 is 0 Å². The summed E-state index contributed by atoms with van der Waals surface area (Å²) in [6.45, 7) is 3.81. The number of fused-ring (bicyclic) bond motifs is 1. The van der Waals surface area contributed by atoms with E-state index < -0.39 is 0 Å². The number of aryl methyl sites for hydroxylation is 1. The van der Waals surface area contributed by atoms with Gasteiger partial charge in [-0.05, 0) is 32.0 Å². The van der Waals surface area contributed by atoms with E-state index in [9.17, 15) is 5.11 Å². The molecule has 1 aromatic carbocycles. The molecule has 2 N–H and O–H groups in total. The Labute approximate surface area is 104 Å². The molecule has 0 bridgehead atoms. The molecule has 3 rings (SSSR count). The van der Waals surface area contributed by atoms with Crippen LogP contribution in [0.15, 0.2) is 30.3 Å². The van der Waals surface area contributed by atoms with Gasteiger partial charge in [0.2, 0.25) is 0 Å². The molecule has 0 amide bonds. The minimum atomic E-state index is 0.275. The fourth-order valence-corrected chi connectivity index (χ4v) is 1.99. The third-order valence-corrected chi connectivity index (χ3v) is 3.05. The molecule has 18 heavy (non-hydrogen) atoms. The molecule has 90 valence electrons. The smallest absolute Gasteiger partial charge is 0.178 e. The zero-order chi connectivity index (χ0) is 12.7. The summed E-state index contributed by atoms with van der Waals surface area (Å²) in [7, 11) is 0. The molecule has 0 aliphatic rings. The molecule has 4 nitrogen and oxygen atoms in total. The molecule has 0 aliphatic carbocycles. The van der Waals surface area contributed by atoms with Crippen LogP contribution in [0.3, 0.4) is 0 Å². The van der Waals surface area contributed by atoms with Crippen LogP contribution in [0.4, 0.5) is 0 Å². The number of aromatic amines is 1. The predicted octanol–water partition coefficient (Wildman–Crippen LogP) is 2.95. The standard InChI is InChI=1S/C14H13N3O/c1-8-6-7-11-14(15-8)17-13(16-11)10-4-3-5-12(18)9(10)2/h3-7,18H,1-2H3,(H,15,16,17). The van der Waals surface area contributed by atoms with Crippen LogP contribution in [-0.2, 0) is 0 Å². The maximum Gasteiger partial charge on any atom is 0.178 e. The topological polar surface area (TPSA) is 61.8 Å². The zero-order valence-corrected chi connectivity index (χ0v) is 10.2. The molecule has 0 unspecified atom stereocenters. The molecule has 0 radical (unpaired) electrons. The lowest BCUT2D eigenvalue weighted by Gasteiger charge is -2.03. The first-order chi connectivity index (χ1) is 8.65. The summed E-state index contributed by atoms with van der Waals surface area (Å²) in [4.78, 5) is 12.1. The van der Waals surface area contributed by atoms with Crippen LogP contribution in [0.5, 0.6) is 5.75 Å². The number of benzene rings is 1. The van der Waals surface area contributed by atoms with Crippen molar-refractivity contribution in [1.29, 1.82) is 0 Å². The van der Waals surface area contributed by atoms with Crippen LogP contribution in [0.1, 0.15) is 11.3 Å². The minimum Gasteiger partial charge on any atom is -0.508 e. The number of aromatic hydroxyl groups is 1. The lowest BCUT2D eigenvalue weighted by atomic mass is 10.1. The number of rotatable bonds is 1. The average Bonchev–Trinajstić information content (AvgIpc) is 2.75. The highest BCUT2D eigenvalue weighted by atomic mass is 16.3. The van der Waals surface area contributed by atoms with Crippen molar-refractivity contribution >= 4 is 11.2 Å². The second-order valence-electron chi connectivity index (χ2n) is 4.36. The first-order valence-corrected chi connectivity index (χ1v) is 5.77. The SMILES string of the molecule is Cc1ccc2[nH]c(-c3cccc(O)c3C)nc2n1. The van der Waals surface area contributed by atoms with E-state index in [0.29, 0.717) is 5.65 Å². The van der Waals surface area contributed by atoms with E-state index in [1.54, 1.807) is 6.07 Å². The summed E-state index contributed by atoms with van der Waals surface area (Å²) in [5, 5.41) is 9.72. The number of pyridine rings is 1. The summed E-state index contributed by atoms with van der Waals surface area (Å²) in [5.74, 6) is 1.01. The van der Waals surface area contributed by atoms with Crippen molar-refractivity contribution in [3.63, 3.8) is 0 Å². The first-order valence-electron chi connectivity index (χ1n) is 5.77. The molecule has 0 spiro atoms. The van der Waals surface area contributed by atoms with Crippen molar-refractivity contribution in [3.8, 4) is 17.1 Å². The Morgan fingerprint density at radius 3 is 2.72 bits per heavy atom. The third kappa shape index (κ3) is 1.62. The van der Waals surface area contributed by atoms with Crippen molar-refractivity contribution in [1.82, 2.24) is 15.0 Å². The Bertz CT molecular complexity index is 731. The van der Waals surface area contributed by atoms with Gasteiger partial charge in [0, 0.05) is 16.8 Å². The predicted molar refractivity (Wildman–Crippen MR) is 70.5 cm³/mol. The number of H-pyrrole nitrogens is 1. The first kappa shape index (κ1) is 10.8. The highest BCUT2D eigenvalue weighted by molar-refractivity contribution is 5.77. The van der Waals surface area contributed by atoms with Gasteiger partial charge in [0.1, 0.15) is 11.6 Å². The summed E-state index contributed by atoms with van der Waals surface area (Å²) >= 11 is 0. The van der Waals surface area contributed by atoms with Gasteiger partial charge in [0.15, 0.2) is 5.65 Å². The van der Waals surface area contributed by atoms with Gasteiger partial charge < -0.3 is 10.1 Å². The van der Waals surface area contributed by atoms with E-state index in [2.05, 4.69) is 15.0 Å². The minimum absolute atomic E-state index is 0.275. The second kappa shape index (κ2) is 3.84. The second-order valence-corrected chi connectivity index (χ2v) is 4.36. The lowest BCUT2D eigenvalue weighted by molar-refractivity contribution is 0.471. The number of phenolic OH excluding ortho intramolecular Hbond substituents is 1.